The lowest BCUT2D eigenvalue weighted by Gasteiger charge is -2.14. The Hall–Kier alpha value is -3.12. The van der Waals surface area contributed by atoms with Crippen LogP contribution in [0.2, 0.25) is 0 Å². The summed E-state index contributed by atoms with van der Waals surface area (Å²) in [7, 11) is 1.60. The number of fused-ring (bicyclic) bond motifs is 3. The third-order valence-corrected chi connectivity index (χ3v) is 5.43. The normalized spacial score (nSPS) is 17.3. The molecule has 0 atom stereocenters. The second-order valence-corrected chi connectivity index (χ2v) is 7.85. The zero-order valence-corrected chi connectivity index (χ0v) is 17.7. The van der Waals surface area contributed by atoms with Gasteiger partial charge in [0.25, 0.3) is 0 Å². The second-order valence-electron chi connectivity index (χ2n) is 7.85. The number of benzene rings is 2. The van der Waals surface area contributed by atoms with Crippen LogP contribution in [-0.4, -0.2) is 0 Å². The van der Waals surface area contributed by atoms with Gasteiger partial charge >= 0.3 is 0 Å². The van der Waals surface area contributed by atoms with Crippen LogP contribution in [-0.2, 0) is 13.4 Å². The average molecular weight is 407 g/mol. The van der Waals surface area contributed by atoms with Gasteiger partial charge in [0.2, 0.25) is 11.4 Å². The highest BCUT2D eigenvalue weighted by atomic mass is 16.3. The van der Waals surface area contributed by atoms with Crippen LogP contribution in [0.1, 0.15) is 54.1 Å². The number of para-hydroxylation sites is 1. The lowest BCUT2D eigenvalue weighted by Crippen LogP contribution is -2.36. The van der Waals surface area contributed by atoms with Crippen molar-refractivity contribution in [3.05, 3.63) is 69.7 Å². The molecule has 0 fully saturated rings. The minimum absolute atomic E-state index is 0.0300. The molecule has 0 saturated heterocycles. The number of aryl methyl sites for hydroxylation is 2. The molecule has 4 rings (SSSR count). The van der Waals surface area contributed by atoms with E-state index in [9.17, 15) is 1.37 Å². The molecule has 0 aliphatic rings. The molecule has 0 N–H and O–H groups in total. The van der Waals surface area contributed by atoms with E-state index in [-0.39, 0.29) is 56.4 Å². The molecule has 0 spiro atoms. The summed E-state index contributed by atoms with van der Waals surface area (Å²) >= 11 is 0. The Bertz CT molecular complexity index is 1690. The van der Waals surface area contributed by atoms with Crippen LogP contribution in [0.5, 0.6) is 0 Å². The van der Waals surface area contributed by atoms with Gasteiger partial charge in [-0.2, -0.15) is 4.57 Å². The van der Waals surface area contributed by atoms with Gasteiger partial charge < -0.3 is 4.42 Å². The van der Waals surface area contributed by atoms with Gasteiger partial charge in [-0.25, -0.2) is 4.85 Å². The van der Waals surface area contributed by atoms with Crippen molar-refractivity contribution in [1.29, 1.82) is 0 Å². The predicted molar refractivity (Wildman–Crippen MR) is 124 cm³/mol. The molecule has 0 bridgehead atoms. The molecule has 2 aromatic carbocycles. The summed E-state index contributed by atoms with van der Waals surface area (Å²) in [5, 5.41) is 0.718. The standard InChI is InChI=1S/C27H29N2O/c1-15(2)12-20-14-23(29(8)19(6)18(20)5)25-17(4)13-16(3)24-21-10-9-11-22(28-7)26(21)30-27(24)25/h9-11,13-15H,12H2,1-6,8H3/q+1/i3D3,5D3,12D2,14D. The van der Waals surface area contributed by atoms with E-state index < -0.39 is 26.0 Å². The quantitative estimate of drug-likeness (QED) is 0.263. The molecular weight excluding hydrogens is 368 g/mol. The van der Waals surface area contributed by atoms with E-state index in [1.807, 2.05) is 0 Å². The molecule has 3 heteroatoms. The fourth-order valence-corrected chi connectivity index (χ4v) is 3.88. The average Bonchev–Trinajstić information content (AvgIpc) is 3.19. The fourth-order valence-electron chi connectivity index (χ4n) is 3.88. The molecule has 0 unspecified atom stereocenters. The number of furan rings is 1. The van der Waals surface area contributed by atoms with E-state index in [0.29, 0.717) is 16.5 Å². The van der Waals surface area contributed by atoms with Gasteiger partial charge in [0.1, 0.15) is 18.2 Å². The van der Waals surface area contributed by atoms with Crippen molar-refractivity contribution in [2.45, 2.75) is 47.8 Å². The lowest BCUT2D eigenvalue weighted by atomic mass is 9.92. The van der Waals surface area contributed by atoms with Gasteiger partial charge in [-0.3, -0.25) is 0 Å². The molecule has 0 aliphatic carbocycles. The van der Waals surface area contributed by atoms with E-state index >= 15 is 0 Å². The molecule has 0 aliphatic heterocycles. The van der Waals surface area contributed by atoms with Crippen molar-refractivity contribution in [2.24, 2.45) is 13.0 Å². The Kier molecular flexibility index (Phi) is 2.89. The van der Waals surface area contributed by atoms with Crippen molar-refractivity contribution < 1.29 is 21.3 Å². The molecular formula is C27H29N2O+. The summed E-state index contributed by atoms with van der Waals surface area (Å²) in [4.78, 5) is 3.53. The first-order chi connectivity index (χ1) is 17.9. The number of aromatic nitrogens is 1. The van der Waals surface area contributed by atoms with Crippen LogP contribution in [0, 0.1) is 40.0 Å². The minimum Gasteiger partial charge on any atom is -0.466 e. The number of pyridine rings is 1. The molecule has 3 nitrogen and oxygen atoms in total. The highest BCUT2D eigenvalue weighted by Gasteiger charge is 2.26. The fraction of sp³-hybridized carbons (Fsp3) is 0.333. The third kappa shape index (κ3) is 2.99. The first kappa shape index (κ1) is 11.9. The van der Waals surface area contributed by atoms with Gasteiger partial charge in [-0.1, -0.05) is 38.1 Å². The Morgan fingerprint density at radius 1 is 1.23 bits per heavy atom. The first-order valence-electron chi connectivity index (χ1n) is 14.3. The van der Waals surface area contributed by atoms with Crippen molar-refractivity contribution >= 4 is 27.6 Å². The van der Waals surface area contributed by atoms with Crippen molar-refractivity contribution in [3.8, 4) is 11.3 Å². The smallest absolute Gasteiger partial charge is 0.229 e. The van der Waals surface area contributed by atoms with E-state index in [2.05, 4.69) is 4.85 Å². The molecule has 0 radical (unpaired) electrons. The van der Waals surface area contributed by atoms with E-state index in [4.69, 9.17) is 22.0 Å². The van der Waals surface area contributed by atoms with E-state index in [1.165, 1.54) is 10.6 Å². The summed E-state index contributed by atoms with van der Waals surface area (Å²) in [6.07, 6.45) is -2.16. The number of nitrogens with zero attached hydrogens (tertiary/aromatic N) is 2. The zero-order valence-electron chi connectivity index (χ0n) is 26.7. The zero-order chi connectivity index (χ0) is 29.4. The predicted octanol–water partition coefficient (Wildman–Crippen LogP) is 7.06. The lowest BCUT2D eigenvalue weighted by molar-refractivity contribution is -0.667. The number of hydrogen-bond donors (Lipinski definition) is 0. The number of rotatable bonds is 3. The van der Waals surface area contributed by atoms with Gasteiger partial charge in [-0.15, -0.1) is 0 Å². The summed E-state index contributed by atoms with van der Waals surface area (Å²) in [6, 6.07) is 6.09. The highest BCUT2D eigenvalue weighted by molar-refractivity contribution is 6.14. The molecule has 2 heterocycles. The summed E-state index contributed by atoms with van der Waals surface area (Å²) in [5.74, 6) is -0.644. The van der Waals surface area contributed by atoms with Crippen LogP contribution in [0.15, 0.2) is 34.7 Å². The highest BCUT2D eigenvalue weighted by Crippen LogP contribution is 2.42. The van der Waals surface area contributed by atoms with Crippen molar-refractivity contribution in [3.63, 3.8) is 0 Å². The largest absolute Gasteiger partial charge is 0.466 e. The van der Waals surface area contributed by atoms with Crippen LogP contribution in [0.25, 0.3) is 38.0 Å². The molecule has 152 valence electrons. The Labute approximate surface area is 191 Å². The summed E-state index contributed by atoms with van der Waals surface area (Å²) in [5.41, 5.74) is 1.40. The second kappa shape index (κ2) is 7.29. The number of hydrogen-bond acceptors (Lipinski definition) is 1. The van der Waals surface area contributed by atoms with E-state index in [0.717, 1.165) is 0 Å². The SMILES string of the molecule is [2H]c1c(C([2H])([2H])C(C)C)c(C([2H])([2H])[2H])c(C)[n+](C)c1-c1c(C)cc(C([2H])([2H])[2H])c2c1oc1c([N+]#[C-])cccc12. The molecule has 4 aromatic rings. The topological polar surface area (TPSA) is 21.4 Å². The third-order valence-electron chi connectivity index (χ3n) is 5.43. The minimum atomic E-state index is -2.69. The van der Waals surface area contributed by atoms with Crippen LogP contribution < -0.4 is 4.57 Å². The van der Waals surface area contributed by atoms with E-state index in [1.54, 1.807) is 52.9 Å². The first-order valence-corrected chi connectivity index (χ1v) is 9.76. The van der Waals surface area contributed by atoms with Gasteiger partial charge in [0.15, 0.2) is 5.69 Å². The maximum Gasteiger partial charge on any atom is 0.229 e. The maximum absolute atomic E-state index is 9.24. The Balaban J connectivity index is 2.32. The Morgan fingerprint density at radius 2 is 2.03 bits per heavy atom. The molecule has 0 amide bonds. The van der Waals surface area contributed by atoms with Crippen LogP contribution >= 0.6 is 0 Å². The molecule has 30 heavy (non-hydrogen) atoms. The maximum atomic E-state index is 9.24. The Morgan fingerprint density at radius 3 is 2.70 bits per heavy atom. The van der Waals surface area contributed by atoms with Crippen LogP contribution in [0.4, 0.5) is 5.69 Å². The molecule has 0 saturated carbocycles. The monoisotopic (exact) mass is 406 g/mol. The van der Waals surface area contributed by atoms with Gasteiger partial charge in [-0.05, 0) is 49.6 Å². The van der Waals surface area contributed by atoms with Gasteiger partial charge in [0, 0.05) is 40.3 Å². The van der Waals surface area contributed by atoms with Crippen molar-refractivity contribution in [1.82, 2.24) is 0 Å². The van der Waals surface area contributed by atoms with Gasteiger partial charge in [0.05, 0.1) is 13.5 Å². The summed E-state index contributed by atoms with van der Waals surface area (Å²) < 4.78 is 83.8. The van der Waals surface area contributed by atoms with Crippen molar-refractivity contribution in [2.75, 3.05) is 0 Å². The summed E-state index contributed by atoms with van der Waals surface area (Å²) in [6.45, 7) is 8.88. The van der Waals surface area contributed by atoms with Crippen LogP contribution in [0.3, 0.4) is 0 Å². The molecule has 2 aromatic heterocycles.